The van der Waals surface area contributed by atoms with Crippen molar-refractivity contribution in [2.45, 2.75) is 51.1 Å². The van der Waals surface area contributed by atoms with Crippen LogP contribution in [0.2, 0.25) is 0 Å². The Bertz CT molecular complexity index is 1730. The number of carbonyl (C=O) groups excluding carboxylic acids is 1. The zero-order chi connectivity index (χ0) is 27.1. The summed E-state index contributed by atoms with van der Waals surface area (Å²) in [5, 5.41) is 10.3. The maximum Gasteiger partial charge on any atom is 0.263 e. The number of thioether (sulfide) groups is 1. The molecule has 4 heterocycles. The van der Waals surface area contributed by atoms with Gasteiger partial charge in [-0.05, 0) is 35.6 Å². The highest BCUT2D eigenvalue weighted by atomic mass is 79.9. The zero-order valence-corrected chi connectivity index (χ0v) is 24.8. The van der Waals surface area contributed by atoms with Gasteiger partial charge in [0.1, 0.15) is 4.83 Å². The minimum Gasteiger partial charge on any atom is -0.372 e. The van der Waals surface area contributed by atoms with Crippen LogP contribution in [0.1, 0.15) is 40.2 Å². The molecule has 0 spiro atoms. The Morgan fingerprint density at radius 1 is 1.15 bits per heavy atom. The highest BCUT2D eigenvalue weighted by Crippen LogP contribution is 2.37. The zero-order valence-electron chi connectivity index (χ0n) is 21.6. The van der Waals surface area contributed by atoms with E-state index in [4.69, 9.17) is 4.74 Å². The third-order valence-corrected chi connectivity index (χ3v) is 9.78. The maximum atomic E-state index is 14.0. The van der Waals surface area contributed by atoms with E-state index in [0.29, 0.717) is 48.4 Å². The second-order valence-electron chi connectivity index (χ2n) is 10.0. The molecule has 0 amide bonds. The molecule has 0 N–H and O–H groups in total. The number of fused-ring (bicyclic) bond motifs is 5. The summed E-state index contributed by atoms with van der Waals surface area (Å²) in [6.45, 7) is 5.28. The predicted molar refractivity (Wildman–Crippen MR) is 159 cm³/mol. The van der Waals surface area contributed by atoms with Gasteiger partial charge in [0.05, 0.1) is 23.8 Å². The summed E-state index contributed by atoms with van der Waals surface area (Å²) in [6.07, 6.45) is 1.48. The molecular weight excluding hydrogens is 596 g/mol. The van der Waals surface area contributed by atoms with Crippen LogP contribution in [0.25, 0.3) is 16.0 Å². The van der Waals surface area contributed by atoms with Crippen LogP contribution in [0.15, 0.2) is 69.0 Å². The number of Topliss-reactive ketones (excluding diaryl/α,β-unsaturated/α-hetero) is 1. The van der Waals surface area contributed by atoms with Crippen molar-refractivity contribution in [3.05, 3.63) is 91.0 Å². The summed E-state index contributed by atoms with van der Waals surface area (Å²) in [5.74, 6) is 1.08. The van der Waals surface area contributed by atoms with Gasteiger partial charge in [-0.3, -0.25) is 14.2 Å². The van der Waals surface area contributed by atoms with Crippen molar-refractivity contribution in [3.8, 4) is 0 Å². The Morgan fingerprint density at radius 3 is 2.67 bits per heavy atom. The van der Waals surface area contributed by atoms with E-state index in [-0.39, 0.29) is 23.2 Å². The van der Waals surface area contributed by atoms with E-state index < -0.39 is 0 Å². The standard InChI is InChI=1S/C29H27BrN4O3S2/c1-17(2)23-14-21-24(15-37-23)39-27-25(21)26(36)33(13-12-18-6-4-3-5-7-18)28-31-32-29(34(27)28)38-16-22(35)19-8-10-20(30)11-9-19/h3-11,17,23H,12-16H2,1-2H3/t23-/m1/s1. The van der Waals surface area contributed by atoms with Crippen LogP contribution in [-0.4, -0.2) is 36.8 Å². The normalized spacial score (nSPS) is 15.3. The van der Waals surface area contributed by atoms with Crippen LogP contribution >= 0.6 is 39.0 Å². The first-order valence-corrected chi connectivity index (χ1v) is 15.5. The Kier molecular flexibility index (Phi) is 7.45. The van der Waals surface area contributed by atoms with Crippen LogP contribution in [0.4, 0.5) is 0 Å². The third-order valence-electron chi connectivity index (χ3n) is 7.13. The first kappa shape index (κ1) is 26.4. The molecule has 0 radical (unpaired) electrons. The van der Waals surface area contributed by atoms with E-state index in [0.717, 1.165) is 30.7 Å². The minimum absolute atomic E-state index is 0.0107. The lowest BCUT2D eigenvalue weighted by molar-refractivity contribution is 0.00200. The van der Waals surface area contributed by atoms with Crippen molar-refractivity contribution in [1.29, 1.82) is 0 Å². The maximum absolute atomic E-state index is 14.0. The minimum atomic E-state index is -0.0368. The second kappa shape index (κ2) is 11.0. The van der Waals surface area contributed by atoms with Gasteiger partial charge in [0, 0.05) is 27.9 Å². The first-order valence-electron chi connectivity index (χ1n) is 12.9. The van der Waals surface area contributed by atoms with Crippen LogP contribution in [-0.2, 0) is 30.7 Å². The van der Waals surface area contributed by atoms with E-state index >= 15 is 0 Å². The molecule has 3 aromatic heterocycles. The molecule has 1 atom stereocenters. The molecule has 2 aromatic carbocycles. The molecule has 0 fully saturated rings. The fourth-order valence-electron chi connectivity index (χ4n) is 4.95. The van der Waals surface area contributed by atoms with Gasteiger partial charge in [0.2, 0.25) is 5.78 Å². The van der Waals surface area contributed by atoms with Gasteiger partial charge < -0.3 is 4.74 Å². The monoisotopic (exact) mass is 622 g/mol. The first-order chi connectivity index (χ1) is 18.9. The molecule has 7 nitrogen and oxygen atoms in total. The van der Waals surface area contributed by atoms with Gasteiger partial charge in [0.15, 0.2) is 10.9 Å². The van der Waals surface area contributed by atoms with Crippen molar-refractivity contribution in [1.82, 2.24) is 19.2 Å². The van der Waals surface area contributed by atoms with E-state index in [1.54, 1.807) is 15.9 Å². The molecule has 39 heavy (non-hydrogen) atoms. The number of hydrogen-bond donors (Lipinski definition) is 0. The summed E-state index contributed by atoms with van der Waals surface area (Å²) in [6, 6.07) is 17.5. The summed E-state index contributed by atoms with van der Waals surface area (Å²) >= 11 is 6.34. The quantitative estimate of drug-likeness (QED) is 0.152. The van der Waals surface area contributed by atoms with Gasteiger partial charge in [-0.1, -0.05) is 84.0 Å². The second-order valence-corrected chi connectivity index (χ2v) is 13.0. The van der Waals surface area contributed by atoms with Crippen LogP contribution < -0.4 is 5.56 Å². The lowest BCUT2D eigenvalue weighted by Crippen LogP contribution is -2.29. The number of rotatable bonds is 8. The number of thiophene rings is 1. The van der Waals surface area contributed by atoms with Gasteiger partial charge in [0.25, 0.3) is 5.56 Å². The summed E-state index contributed by atoms with van der Waals surface area (Å²) < 4.78 is 10.8. The van der Waals surface area contributed by atoms with Gasteiger partial charge in [-0.25, -0.2) is 4.40 Å². The van der Waals surface area contributed by atoms with Gasteiger partial charge in [-0.2, -0.15) is 0 Å². The van der Waals surface area contributed by atoms with Gasteiger partial charge in [-0.15, -0.1) is 21.5 Å². The number of halogens is 1. The molecule has 0 aliphatic carbocycles. The number of ketones is 1. The molecule has 1 aliphatic rings. The Balaban J connectivity index is 1.44. The summed E-state index contributed by atoms with van der Waals surface area (Å²) in [7, 11) is 0. The molecule has 0 saturated carbocycles. The van der Waals surface area contributed by atoms with Crippen LogP contribution in [0.5, 0.6) is 0 Å². The fourth-order valence-corrected chi connectivity index (χ4v) is 7.34. The molecule has 200 valence electrons. The van der Waals surface area contributed by atoms with E-state index in [2.05, 4.69) is 52.1 Å². The van der Waals surface area contributed by atoms with Gasteiger partial charge >= 0.3 is 0 Å². The van der Waals surface area contributed by atoms with E-state index in [1.807, 2.05) is 46.9 Å². The molecular formula is C29H27BrN4O3S2. The van der Waals surface area contributed by atoms with Crippen molar-refractivity contribution >= 4 is 60.8 Å². The van der Waals surface area contributed by atoms with Crippen molar-refractivity contribution < 1.29 is 9.53 Å². The molecule has 0 saturated heterocycles. The Morgan fingerprint density at radius 2 is 1.92 bits per heavy atom. The average molecular weight is 624 g/mol. The number of aromatic nitrogens is 4. The summed E-state index contributed by atoms with van der Waals surface area (Å²) in [5.41, 5.74) is 2.84. The Labute approximate surface area is 242 Å². The molecule has 0 unspecified atom stereocenters. The smallest absolute Gasteiger partial charge is 0.263 e. The number of ether oxygens (including phenoxy) is 1. The van der Waals surface area contributed by atoms with Crippen LogP contribution in [0, 0.1) is 5.92 Å². The lowest BCUT2D eigenvalue weighted by Gasteiger charge is -2.26. The van der Waals surface area contributed by atoms with Crippen molar-refractivity contribution in [2.24, 2.45) is 5.92 Å². The van der Waals surface area contributed by atoms with Crippen molar-refractivity contribution in [3.63, 3.8) is 0 Å². The number of benzene rings is 2. The Hall–Kier alpha value is -2.79. The number of hydrogen-bond acceptors (Lipinski definition) is 7. The molecule has 5 aromatic rings. The largest absolute Gasteiger partial charge is 0.372 e. The van der Waals surface area contributed by atoms with E-state index in [1.165, 1.54) is 11.8 Å². The highest BCUT2D eigenvalue weighted by Gasteiger charge is 2.30. The molecule has 0 bridgehead atoms. The fraction of sp³-hybridized carbons (Fsp3) is 0.310. The van der Waals surface area contributed by atoms with Crippen molar-refractivity contribution in [2.75, 3.05) is 5.75 Å². The molecule has 6 rings (SSSR count). The van der Waals surface area contributed by atoms with E-state index in [9.17, 15) is 9.59 Å². The highest BCUT2D eigenvalue weighted by molar-refractivity contribution is 9.10. The molecule has 10 heteroatoms. The van der Waals surface area contributed by atoms with Crippen LogP contribution in [0.3, 0.4) is 0 Å². The SMILES string of the molecule is CC(C)[C@H]1Cc2c(sc3c2c(=O)n(CCc2ccccc2)c2nnc(SCC(=O)c4ccc(Br)cc4)n32)CO1. The molecule has 1 aliphatic heterocycles. The topological polar surface area (TPSA) is 78.5 Å². The average Bonchev–Trinajstić information content (AvgIpc) is 3.54. The number of nitrogens with zero attached hydrogens (tertiary/aromatic N) is 4. The lowest BCUT2D eigenvalue weighted by atomic mass is 9.96. The summed E-state index contributed by atoms with van der Waals surface area (Å²) in [4.78, 5) is 28.9. The number of aryl methyl sites for hydroxylation is 2. The third kappa shape index (κ3) is 5.11. The number of carbonyl (C=O) groups is 1. The predicted octanol–water partition coefficient (Wildman–Crippen LogP) is 6.18.